The first kappa shape index (κ1) is 22.2. The Kier molecular flexibility index (Phi) is 6.92. The molecule has 0 aliphatic heterocycles. The van der Waals surface area contributed by atoms with Gasteiger partial charge in [-0.3, -0.25) is 15.2 Å². The topological polar surface area (TPSA) is 145 Å². The second-order valence-electron chi connectivity index (χ2n) is 6.75. The van der Waals surface area contributed by atoms with Crippen molar-refractivity contribution in [2.24, 2.45) is 21.7 Å². The predicted molar refractivity (Wildman–Crippen MR) is 125 cm³/mol. The maximum absolute atomic E-state index is 11.5. The fourth-order valence-electron chi connectivity index (χ4n) is 2.98. The van der Waals surface area contributed by atoms with E-state index < -0.39 is 5.91 Å². The number of aromatic nitrogens is 2. The number of hydrogen-bond acceptors (Lipinski definition) is 7. The number of nitrogens with two attached hydrogens (primary N) is 2. The number of carbonyl (C=O) groups excluding carboxylic acids is 1. The molecular formula is C23H23N7O2. The molecule has 0 unspecified atom stereocenters. The third kappa shape index (κ3) is 5.14. The minimum atomic E-state index is -0.717. The Morgan fingerprint density at radius 2 is 1.94 bits per heavy atom. The molecule has 9 nitrogen and oxygen atoms in total. The van der Waals surface area contributed by atoms with Crippen molar-refractivity contribution in [2.75, 3.05) is 7.11 Å². The SMILES string of the molecule is COc1cc(C(/C=N/C(=C/C(N)=O)C(=N)c2ccccc2)=N/N)ccc1-n1cnc(C)c1. The second-order valence-corrected chi connectivity index (χ2v) is 6.75. The Morgan fingerprint density at radius 3 is 2.53 bits per heavy atom. The third-order valence-electron chi connectivity index (χ3n) is 4.53. The third-order valence-corrected chi connectivity index (χ3v) is 4.53. The van der Waals surface area contributed by atoms with Crippen LogP contribution in [0.4, 0.5) is 0 Å². The smallest absolute Gasteiger partial charge is 0.243 e. The van der Waals surface area contributed by atoms with E-state index in [4.69, 9.17) is 21.7 Å². The molecule has 2 aromatic carbocycles. The summed E-state index contributed by atoms with van der Waals surface area (Å²) in [6.45, 7) is 1.90. The van der Waals surface area contributed by atoms with Gasteiger partial charge in [-0.25, -0.2) is 4.98 Å². The Labute approximate surface area is 185 Å². The van der Waals surface area contributed by atoms with E-state index in [1.165, 1.54) is 6.21 Å². The van der Waals surface area contributed by atoms with Gasteiger partial charge in [0.25, 0.3) is 0 Å². The summed E-state index contributed by atoms with van der Waals surface area (Å²) in [5.74, 6) is 5.47. The maximum Gasteiger partial charge on any atom is 0.243 e. The van der Waals surface area contributed by atoms with Crippen LogP contribution in [0.5, 0.6) is 5.75 Å². The number of allylic oxidation sites excluding steroid dienone is 1. The molecule has 0 saturated heterocycles. The molecule has 0 radical (unpaired) electrons. The van der Waals surface area contributed by atoms with E-state index in [9.17, 15) is 4.79 Å². The average molecular weight is 429 g/mol. The van der Waals surface area contributed by atoms with Crippen LogP contribution < -0.4 is 16.3 Å². The molecule has 1 heterocycles. The summed E-state index contributed by atoms with van der Waals surface area (Å²) in [5, 5.41) is 12.2. The summed E-state index contributed by atoms with van der Waals surface area (Å²) in [6, 6.07) is 14.3. The maximum atomic E-state index is 11.5. The quantitative estimate of drug-likeness (QED) is 0.218. The predicted octanol–water partition coefficient (Wildman–Crippen LogP) is 2.36. The molecule has 0 saturated carbocycles. The van der Waals surface area contributed by atoms with Gasteiger partial charge in [0.1, 0.15) is 11.5 Å². The van der Waals surface area contributed by atoms with Gasteiger partial charge in [-0.15, -0.1) is 0 Å². The Hall–Kier alpha value is -4.53. The highest BCUT2D eigenvalue weighted by Gasteiger charge is 2.12. The number of nitrogens with one attached hydrogen (secondary N) is 1. The highest BCUT2D eigenvalue weighted by Crippen LogP contribution is 2.25. The van der Waals surface area contributed by atoms with E-state index in [1.54, 1.807) is 43.8 Å². The van der Waals surface area contributed by atoms with E-state index in [2.05, 4.69) is 15.1 Å². The number of benzene rings is 2. The molecule has 0 spiro atoms. The summed E-state index contributed by atoms with van der Waals surface area (Å²) >= 11 is 0. The van der Waals surface area contributed by atoms with Gasteiger partial charge in [0.2, 0.25) is 5.91 Å². The van der Waals surface area contributed by atoms with Crippen molar-refractivity contribution in [3.05, 3.63) is 89.6 Å². The minimum Gasteiger partial charge on any atom is -0.495 e. The summed E-state index contributed by atoms with van der Waals surface area (Å²) in [6.07, 6.45) is 6.04. The molecule has 162 valence electrons. The first-order chi connectivity index (χ1) is 15.4. The Morgan fingerprint density at radius 1 is 1.19 bits per heavy atom. The van der Waals surface area contributed by atoms with Gasteiger partial charge in [-0.1, -0.05) is 36.4 Å². The largest absolute Gasteiger partial charge is 0.495 e. The molecule has 1 aromatic heterocycles. The van der Waals surface area contributed by atoms with Gasteiger partial charge in [0, 0.05) is 23.4 Å². The first-order valence-electron chi connectivity index (χ1n) is 9.59. The van der Waals surface area contributed by atoms with Crippen LogP contribution in [0, 0.1) is 12.3 Å². The zero-order chi connectivity index (χ0) is 23.1. The van der Waals surface area contributed by atoms with Crippen LogP contribution >= 0.6 is 0 Å². The number of primary amides is 1. The van der Waals surface area contributed by atoms with Crippen molar-refractivity contribution in [2.45, 2.75) is 6.92 Å². The van der Waals surface area contributed by atoms with E-state index in [-0.39, 0.29) is 11.4 Å². The van der Waals surface area contributed by atoms with Crippen LogP contribution in [-0.4, -0.2) is 40.2 Å². The molecule has 0 atom stereocenters. The highest BCUT2D eigenvalue weighted by atomic mass is 16.5. The summed E-state index contributed by atoms with van der Waals surface area (Å²) in [4.78, 5) is 20.0. The van der Waals surface area contributed by atoms with E-state index in [0.717, 1.165) is 17.5 Å². The summed E-state index contributed by atoms with van der Waals surface area (Å²) in [7, 11) is 1.56. The normalized spacial score (nSPS) is 12.2. The zero-order valence-electron chi connectivity index (χ0n) is 17.7. The number of aryl methyl sites for hydroxylation is 1. The lowest BCUT2D eigenvalue weighted by molar-refractivity contribution is -0.113. The number of ether oxygens (including phenoxy) is 1. The molecule has 1 amide bonds. The van der Waals surface area contributed by atoms with Crippen LogP contribution in [0.15, 0.2) is 82.9 Å². The fourth-order valence-corrected chi connectivity index (χ4v) is 2.98. The van der Waals surface area contributed by atoms with Gasteiger partial charge >= 0.3 is 0 Å². The number of nitrogens with zero attached hydrogens (tertiary/aromatic N) is 4. The molecule has 9 heteroatoms. The van der Waals surface area contributed by atoms with Gasteiger partial charge in [-0.2, -0.15) is 5.10 Å². The van der Waals surface area contributed by atoms with Gasteiger partial charge in [0.15, 0.2) is 0 Å². The molecule has 5 N–H and O–H groups in total. The van der Waals surface area contributed by atoms with Crippen molar-refractivity contribution in [3.8, 4) is 11.4 Å². The fraction of sp³-hybridized carbons (Fsp3) is 0.0870. The van der Waals surface area contributed by atoms with Crippen molar-refractivity contribution >= 4 is 23.5 Å². The summed E-state index contributed by atoms with van der Waals surface area (Å²) < 4.78 is 7.37. The van der Waals surface area contributed by atoms with Crippen molar-refractivity contribution in [1.29, 1.82) is 5.41 Å². The minimum absolute atomic E-state index is 0.0421. The number of aliphatic imine (C=N–C) groups is 1. The number of carbonyl (C=O) groups is 1. The lowest BCUT2D eigenvalue weighted by atomic mass is 10.1. The molecule has 0 aliphatic carbocycles. The number of imidazole rings is 1. The number of amides is 1. The van der Waals surface area contributed by atoms with Crippen LogP contribution in [-0.2, 0) is 4.79 Å². The van der Waals surface area contributed by atoms with Crippen molar-refractivity contribution in [3.63, 3.8) is 0 Å². The monoisotopic (exact) mass is 429 g/mol. The number of rotatable bonds is 8. The number of methoxy groups -OCH3 is 1. The molecule has 0 aliphatic rings. The van der Waals surface area contributed by atoms with E-state index in [0.29, 0.717) is 22.6 Å². The standard InChI is InChI=1S/C23H23N7O2/c1-15-13-30(14-28-15)20-9-8-17(10-21(20)32-2)19(29-26)12-27-18(11-22(24)31)23(25)16-6-4-3-5-7-16/h3-14,25H,26H2,1-2H3,(H2,24,31)/b18-11+,25-23?,27-12+,29-19+. The van der Waals surface area contributed by atoms with Gasteiger partial charge in [0.05, 0.1) is 42.4 Å². The lowest BCUT2D eigenvalue weighted by Gasteiger charge is -2.11. The molecule has 3 rings (SSSR count). The second kappa shape index (κ2) is 9.98. The first-order valence-corrected chi connectivity index (χ1v) is 9.59. The molecule has 3 aromatic rings. The zero-order valence-corrected chi connectivity index (χ0v) is 17.7. The van der Waals surface area contributed by atoms with Crippen LogP contribution in [0.25, 0.3) is 5.69 Å². The molecular weight excluding hydrogens is 406 g/mol. The molecule has 32 heavy (non-hydrogen) atoms. The molecule has 0 fully saturated rings. The lowest BCUT2D eigenvalue weighted by Crippen LogP contribution is -2.13. The highest BCUT2D eigenvalue weighted by molar-refractivity contribution is 6.39. The van der Waals surface area contributed by atoms with Crippen molar-refractivity contribution < 1.29 is 9.53 Å². The summed E-state index contributed by atoms with van der Waals surface area (Å²) in [5.41, 5.74) is 8.66. The Balaban J connectivity index is 1.93. The van der Waals surface area contributed by atoms with Crippen LogP contribution in [0.3, 0.4) is 0 Å². The average Bonchev–Trinajstić information content (AvgIpc) is 3.24. The van der Waals surface area contributed by atoms with Crippen LogP contribution in [0.1, 0.15) is 16.8 Å². The van der Waals surface area contributed by atoms with Crippen molar-refractivity contribution in [1.82, 2.24) is 9.55 Å². The van der Waals surface area contributed by atoms with Crippen LogP contribution in [0.2, 0.25) is 0 Å². The van der Waals surface area contributed by atoms with E-state index in [1.807, 2.05) is 35.9 Å². The van der Waals surface area contributed by atoms with Gasteiger partial charge in [-0.05, 0) is 19.1 Å². The number of hydrogen-bond donors (Lipinski definition) is 3. The molecule has 0 bridgehead atoms. The van der Waals surface area contributed by atoms with Gasteiger partial charge < -0.3 is 20.9 Å². The van der Waals surface area contributed by atoms with E-state index >= 15 is 0 Å². The number of hydrazone groups is 1. The Bertz CT molecular complexity index is 1220.